The van der Waals surface area contributed by atoms with Crippen LogP contribution >= 0.6 is 0 Å². The van der Waals surface area contributed by atoms with Gasteiger partial charge in [0.2, 0.25) is 5.91 Å². The average molecular weight is 224 g/mol. The van der Waals surface area contributed by atoms with Crippen molar-refractivity contribution in [1.82, 2.24) is 10.2 Å². The number of fused-ring (bicyclic) bond motifs is 1. The number of likely N-dealkylation sites (tertiary alicyclic amines) is 1. The summed E-state index contributed by atoms with van der Waals surface area (Å²) in [6, 6.07) is 0.250. The van der Waals surface area contributed by atoms with Crippen molar-refractivity contribution in [3.63, 3.8) is 0 Å². The van der Waals surface area contributed by atoms with E-state index in [-0.39, 0.29) is 17.9 Å². The molecular formula is C11H16N2O3. The molecule has 0 spiro atoms. The van der Waals surface area contributed by atoms with E-state index in [9.17, 15) is 9.59 Å². The van der Waals surface area contributed by atoms with Gasteiger partial charge in [-0.15, -0.1) is 0 Å². The van der Waals surface area contributed by atoms with Crippen molar-refractivity contribution >= 4 is 11.9 Å². The van der Waals surface area contributed by atoms with Gasteiger partial charge >= 0.3 is 5.97 Å². The fraction of sp³-hybridized carbons (Fsp3) is 0.636. The van der Waals surface area contributed by atoms with E-state index in [2.05, 4.69) is 10.2 Å². The monoisotopic (exact) mass is 224 g/mol. The standard InChI is InChI=1S/C11H16N2O3/c14-10(15)4-2-6-13-5-1-3-8-9(13)7-12-11(8)16/h2,4,8-9H,1,3,5-7H2,(H,12,16)(H,14,15)/b4-2+. The Balaban J connectivity index is 1.94. The van der Waals surface area contributed by atoms with Gasteiger partial charge in [-0.3, -0.25) is 9.69 Å². The number of aliphatic carboxylic acids is 1. The highest BCUT2D eigenvalue weighted by Gasteiger charge is 2.39. The van der Waals surface area contributed by atoms with Crippen LogP contribution in [0.2, 0.25) is 0 Å². The molecule has 0 saturated carbocycles. The molecule has 2 heterocycles. The van der Waals surface area contributed by atoms with Gasteiger partial charge in [0, 0.05) is 25.2 Å². The largest absolute Gasteiger partial charge is 0.478 e. The van der Waals surface area contributed by atoms with Crippen LogP contribution in [0.25, 0.3) is 0 Å². The molecule has 1 amide bonds. The molecule has 0 aliphatic carbocycles. The summed E-state index contributed by atoms with van der Waals surface area (Å²) in [5, 5.41) is 11.4. The minimum Gasteiger partial charge on any atom is -0.478 e. The molecule has 5 heteroatoms. The maximum atomic E-state index is 11.5. The van der Waals surface area contributed by atoms with Crippen molar-refractivity contribution in [3.8, 4) is 0 Å². The SMILES string of the molecule is O=C(O)/C=C/CN1CCCC2C(=O)NCC21. The number of carboxylic acids is 1. The minimum atomic E-state index is -0.922. The van der Waals surface area contributed by atoms with Crippen molar-refractivity contribution in [2.75, 3.05) is 19.6 Å². The summed E-state index contributed by atoms with van der Waals surface area (Å²) in [7, 11) is 0. The van der Waals surface area contributed by atoms with Gasteiger partial charge in [-0.05, 0) is 19.4 Å². The first-order valence-electron chi connectivity index (χ1n) is 5.59. The number of hydrogen-bond acceptors (Lipinski definition) is 3. The molecular weight excluding hydrogens is 208 g/mol. The highest BCUT2D eigenvalue weighted by molar-refractivity contribution is 5.82. The Morgan fingerprint density at radius 2 is 2.44 bits per heavy atom. The van der Waals surface area contributed by atoms with E-state index >= 15 is 0 Å². The number of piperidine rings is 1. The summed E-state index contributed by atoms with van der Waals surface area (Å²) in [5.41, 5.74) is 0. The molecule has 2 atom stereocenters. The second kappa shape index (κ2) is 4.65. The third kappa shape index (κ3) is 2.24. The Morgan fingerprint density at radius 3 is 3.19 bits per heavy atom. The van der Waals surface area contributed by atoms with Crippen LogP contribution in [-0.4, -0.2) is 47.6 Å². The van der Waals surface area contributed by atoms with Gasteiger partial charge in [0.25, 0.3) is 0 Å². The van der Waals surface area contributed by atoms with Crippen molar-refractivity contribution in [2.45, 2.75) is 18.9 Å². The lowest BCUT2D eigenvalue weighted by atomic mass is 9.91. The highest BCUT2D eigenvalue weighted by atomic mass is 16.4. The van der Waals surface area contributed by atoms with Crippen LogP contribution in [0.5, 0.6) is 0 Å². The summed E-state index contributed by atoms with van der Waals surface area (Å²) in [4.78, 5) is 24.0. The maximum absolute atomic E-state index is 11.5. The number of carboxylic acid groups (broad SMARTS) is 1. The van der Waals surface area contributed by atoms with Gasteiger partial charge in [-0.1, -0.05) is 6.08 Å². The third-order valence-corrected chi connectivity index (χ3v) is 3.32. The molecule has 0 aromatic carbocycles. The first-order chi connectivity index (χ1) is 7.68. The molecule has 2 N–H and O–H groups in total. The summed E-state index contributed by atoms with van der Waals surface area (Å²) < 4.78 is 0. The van der Waals surface area contributed by atoms with Crippen LogP contribution in [-0.2, 0) is 9.59 Å². The molecule has 0 bridgehead atoms. The molecule has 16 heavy (non-hydrogen) atoms. The van der Waals surface area contributed by atoms with Crippen LogP contribution in [0.3, 0.4) is 0 Å². The smallest absolute Gasteiger partial charge is 0.328 e. The molecule has 88 valence electrons. The first kappa shape index (κ1) is 11.1. The zero-order valence-corrected chi connectivity index (χ0v) is 9.06. The summed E-state index contributed by atoms with van der Waals surface area (Å²) in [6.07, 6.45) is 4.77. The van der Waals surface area contributed by atoms with E-state index in [0.29, 0.717) is 13.1 Å². The number of carbonyl (C=O) groups is 2. The molecule has 2 aliphatic rings. The van der Waals surface area contributed by atoms with Crippen molar-refractivity contribution in [1.29, 1.82) is 0 Å². The van der Waals surface area contributed by atoms with E-state index in [1.54, 1.807) is 6.08 Å². The molecule has 2 aliphatic heterocycles. The second-order valence-corrected chi connectivity index (χ2v) is 4.30. The fourth-order valence-corrected chi connectivity index (χ4v) is 2.56. The molecule has 5 nitrogen and oxygen atoms in total. The maximum Gasteiger partial charge on any atom is 0.328 e. The van der Waals surface area contributed by atoms with Crippen molar-refractivity contribution < 1.29 is 14.7 Å². The predicted molar refractivity (Wildman–Crippen MR) is 57.9 cm³/mol. The number of nitrogens with one attached hydrogen (secondary N) is 1. The van der Waals surface area contributed by atoms with E-state index in [0.717, 1.165) is 25.5 Å². The first-order valence-corrected chi connectivity index (χ1v) is 5.59. The number of amides is 1. The van der Waals surface area contributed by atoms with Crippen LogP contribution in [0.1, 0.15) is 12.8 Å². The third-order valence-electron chi connectivity index (χ3n) is 3.32. The molecule has 2 fully saturated rings. The van der Waals surface area contributed by atoms with Gasteiger partial charge in [0.1, 0.15) is 0 Å². The Kier molecular flexibility index (Phi) is 3.24. The summed E-state index contributed by atoms with van der Waals surface area (Å²) >= 11 is 0. The van der Waals surface area contributed by atoms with Crippen LogP contribution in [0.15, 0.2) is 12.2 Å². The van der Waals surface area contributed by atoms with Crippen molar-refractivity contribution in [2.24, 2.45) is 5.92 Å². The van der Waals surface area contributed by atoms with Crippen LogP contribution < -0.4 is 5.32 Å². The molecule has 2 unspecified atom stereocenters. The lowest BCUT2D eigenvalue weighted by Crippen LogP contribution is -2.45. The fourth-order valence-electron chi connectivity index (χ4n) is 2.56. The van der Waals surface area contributed by atoms with Gasteiger partial charge in [0.05, 0.1) is 5.92 Å². The molecule has 0 aromatic heterocycles. The summed E-state index contributed by atoms with van der Waals surface area (Å²) in [5.74, 6) is -0.668. The lowest BCUT2D eigenvalue weighted by Gasteiger charge is -2.34. The highest BCUT2D eigenvalue weighted by Crippen LogP contribution is 2.26. The predicted octanol–water partition coefficient (Wildman–Crippen LogP) is -0.162. The van der Waals surface area contributed by atoms with E-state index in [4.69, 9.17) is 5.11 Å². The molecule has 2 saturated heterocycles. The van der Waals surface area contributed by atoms with E-state index in [1.807, 2.05) is 0 Å². The lowest BCUT2D eigenvalue weighted by molar-refractivity contribution is -0.131. The van der Waals surface area contributed by atoms with Crippen molar-refractivity contribution in [3.05, 3.63) is 12.2 Å². The molecule has 0 radical (unpaired) electrons. The van der Waals surface area contributed by atoms with Crippen LogP contribution in [0, 0.1) is 5.92 Å². The topological polar surface area (TPSA) is 69.6 Å². The quantitative estimate of drug-likeness (QED) is 0.653. The van der Waals surface area contributed by atoms with Gasteiger partial charge < -0.3 is 10.4 Å². The Bertz CT molecular complexity index is 327. The van der Waals surface area contributed by atoms with Crippen LogP contribution in [0.4, 0.5) is 0 Å². The van der Waals surface area contributed by atoms with Gasteiger partial charge in [-0.25, -0.2) is 4.79 Å². The number of carbonyl (C=O) groups excluding carboxylic acids is 1. The van der Waals surface area contributed by atoms with Gasteiger partial charge in [-0.2, -0.15) is 0 Å². The van der Waals surface area contributed by atoms with E-state index in [1.165, 1.54) is 0 Å². The second-order valence-electron chi connectivity index (χ2n) is 4.30. The summed E-state index contributed by atoms with van der Waals surface area (Å²) in [6.45, 7) is 2.26. The Labute approximate surface area is 94.1 Å². The number of nitrogens with zero attached hydrogens (tertiary/aromatic N) is 1. The molecule has 2 rings (SSSR count). The van der Waals surface area contributed by atoms with Gasteiger partial charge in [0.15, 0.2) is 0 Å². The average Bonchev–Trinajstić information content (AvgIpc) is 2.61. The Hall–Kier alpha value is -1.36. The normalized spacial score (nSPS) is 30.4. The van der Waals surface area contributed by atoms with E-state index < -0.39 is 5.97 Å². The zero-order valence-electron chi connectivity index (χ0n) is 9.06. The molecule has 0 aromatic rings. The Morgan fingerprint density at radius 1 is 1.62 bits per heavy atom. The zero-order chi connectivity index (χ0) is 11.5. The number of rotatable bonds is 3. The minimum absolute atomic E-state index is 0.104. The number of hydrogen-bond donors (Lipinski definition) is 2.